The van der Waals surface area contributed by atoms with E-state index < -0.39 is 17.2 Å². The maximum Gasteiger partial charge on any atom is 0.144 e. The van der Waals surface area contributed by atoms with Gasteiger partial charge in [0.2, 0.25) is 0 Å². The highest BCUT2D eigenvalue weighted by Gasteiger charge is 2.19. The van der Waals surface area contributed by atoms with Gasteiger partial charge in [-0.05, 0) is 72.9 Å². The van der Waals surface area contributed by atoms with Gasteiger partial charge in [0, 0.05) is 0 Å². The molecule has 0 saturated heterocycles. The van der Waals surface area contributed by atoms with Crippen molar-refractivity contribution in [3.05, 3.63) is 70.0 Å². The summed E-state index contributed by atoms with van der Waals surface area (Å²) in [5, 5.41) is 17.2. The van der Waals surface area contributed by atoms with Crippen LogP contribution in [-0.4, -0.2) is 0 Å². The predicted molar refractivity (Wildman–Crippen MR) is 114 cm³/mol. The molecule has 31 heavy (non-hydrogen) atoms. The smallest absolute Gasteiger partial charge is 0.144 e. The van der Waals surface area contributed by atoms with Crippen LogP contribution in [0.1, 0.15) is 98.3 Å². The maximum absolute atomic E-state index is 13.4. The Labute approximate surface area is 182 Å². The molecule has 2 aliphatic carbocycles. The van der Waals surface area contributed by atoms with Crippen molar-refractivity contribution < 1.29 is 13.2 Å². The lowest BCUT2D eigenvalue weighted by atomic mass is 9.84. The van der Waals surface area contributed by atoms with Crippen LogP contribution in [0, 0.1) is 40.1 Å². The molecular formula is C26H27F3N2. The number of nitriles is 2. The van der Waals surface area contributed by atoms with Gasteiger partial charge < -0.3 is 0 Å². The molecule has 0 bridgehead atoms. The van der Waals surface area contributed by atoms with Crippen molar-refractivity contribution in [2.45, 2.75) is 76.0 Å². The van der Waals surface area contributed by atoms with Crippen LogP contribution in [0.3, 0.4) is 0 Å². The van der Waals surface area contributed by atoms with E-state index in [2.05, 4.69) is 0 Å². The summed E-state index contributed by atoms with van der Waals surface area (Å²) < 4.78 is 40.2. The fraction of sp³-hybridized carbons (Fsp3) is 0.462. The summed E-state index contributed by atoms with van der Waals surface area (Å²) >= 11 is 0. The Kier molecular flexibility index (Phi) is 8.13. The normalized spacial score (nSPS) is 17.2. The lowest BCUT2D eigenvalue weighted by molar-refractivity contribution is 0.439. The van der Waals surface area contributed by atoms with Crippen molar-refractivity contribution in [1.29, 1.82) is 10.5 Å². The Hall–Kier alpha value is -2.79. The molecule has 2 aliphatic rings. The number of hydrogen-bond donors (Lipinski definition) is 0. The summed E-state index contributed by atoms with van der Waals surface area (Å²) in [6.07, 6.45) is 11.5. The Morgan fingerprint density at radius 2 is 1.10 bits per heavy atom. The van der Waals surface area contributed by atoms with E-state index in [1.54, 1.807) is 12.1 Å². The quantitative estimate of drug-likeness (QED) is 0.497. The van der Waals surface area contributed by atoms with Gasteiger partial charge in [-0.2, -0.15) is 10.5 Å². The zero-order chi connectivity index (χ0) is 22.2. The second kappa shape index (κ2) is 11.0. The summed E-state index contributed by atoms with van der Waals surface area (Å²) in [5.74, 6) is -1.08. The largest absolute Gasteiger partial charge is 0.206 e. The molecule has 2 aromatic carbocycles. The van der Waals surface area contributed by atoms with Crippen LogP contribution in [-0.2, 0) is 0 Å². The predicted octanol–water partition coefficient (Wildman–Crippen LogP) is 7.63. The molecule has 0 atom stereocenters. The van der Waals surface area contributed by atoms with E-state index in [1.807, 2.05) is 12.1 Å². The minimum absolute atomic E-state index is 0.148. The standard InChI is InChI=1S/C13H13F2N.C13H14FN/c14-12-6-10(7-13(15)11(12)8-16)9-4-2-1-3-5-9;14-13-8-11(6-7-12(13)9-15)10-4-2-1-3-5-10/h6-7,9H,1-5H2;6-8,10H,1-5H2. The van der Waals surface area contributed by atoms with Gasteiger partial charge in [0.15, 0.2) is 0 Å². The van der Waals surface area contributed by atoms with E-state index in [4.69, 9.17) is 10.5 Å². The average Bonchev–Trinajstić information content (AvgIpc) is 2.80. The van der Waals surface area contributed by atoms with Gasteiger partial charge in [-0.3, -0.25) is 0 Å². The van der Waals surface area contributed by atoms with Crippen molar-refractivity contribution >= 4 is 0 Å². The third kappa shape index (κ3) is 5.88. The molecule has 0 radical (unpaired) electrons. The number of benzene rings is 2. The molecule has 2 nitrogen and oxygen atoms in total. The number of hydrogen-bond acceptors (Lipinski definition) is 2. The van der Waals surface area contributed by atoms with Gasteiger partial charge >= 0.3 is 0 Å². The molecule has 2 fully saturated rings. The Morgan fingerprint density at radius 1 is 0.613 bits per heavy atom. The summed E-state index contributed by atoms with van der Waals surface area (Å²) in [6, 6.07) is 11.1. The molecule has 0 aromatic heterocycles. The van der Waals surface area contributed by atoms with E-state index >= 15 is 0 Å². The summed E-state index contributed by atoms with van der Waals surface area (Å²) in [4.78, 5) is 0. The molecule has 162 valence electrons. The van der Waals surface area contributed by atoms with Crippen molar-refractivity contribution in [2.75, 3.05) is 0 Å². The van der Waals surface area contributed by atoms with Gasteiger partial charge in [0.1, 0.15) is 35.2 Å². The molecule has 2 saturated carbocycles. The molecule has 5 heteroatoms. The zero-order valence-corrected chi connectivity index (χ0v) is 17.6. The van der Waals surface area contributed by atoms with E-state index in [-0.39, 0.29) is 17.3 Å². The van der Waals surface area contributed by atoms with E-state index in [9.17, 15) is 13.2 Å². The number of halogens is 3. The summed E-state index contributed by atoms with van der Waals surface area (Å²) in [5.41, 5.74) is 1.44. The highest BCUT2D eigenvalue weighted by molar-refractivity contribution is 5.37. The Balaban J connectivity index is 0.000000176. The van der Waals surface area contributed by atoms with E-state index in [0.717, 1.165) is 44.1 Å². The molecule has 0 amide bonds. The second-order valence-corrected chi connectivity index (χ2v) is 8.49. The fourth-order valence-corrected chi connectivity index (χ4v) is 4.68. The van der Waals surface area contributed by atoms with Crippen LogP contribution < -0.4 is 0 Å². The summed E-state index contributed by atoms with van der Waals surface area (Å²) in [7, 11) is 0. The van der Waals surface area contributed by atoms with Gasteiger partial charge in [0.05, 0.1) is 5.56 Å². The van der Waals surface area contributed by atoms with E-state index in [0.29, 0.717) is 11.5 Å². The molecule has 0 heterocycles. The highest BCUT2D eigenvalue weighted by Crippen LogP contribution is 2.34. The van der Waals surface area contributed by atoms with Crippen LogP contribution in [0.25, 0.3) is 0 Å². The SMILES string of the molecule is N#Cc1c(F)cc(C2CCCCC2)cc1F.N#Cc1ccc(C2CCCCC2)cc1F. The third-order valence-electron chi connectivity index (χ3n) is 6.44. The van der Waals surface area contributed by atoms with Crippen LogP contribution in [0.15, 0.2) is 30.3 Å². The van der Waals surface area contributed by atoms with Crippen molar-refractivity contribution in [3.63, 3.8) is 0 Å². The van der Waals surface area contributed by atoms with Gasteiger partial charge in [0.25, 0.3) is 0 Å². The van der Waals surface area contributed by atoms with Gasteiger partial charge in [-0.1, -0.05) is 44.6 Å². The number of rotatable bonds is 2. The Bertz CT molecular complexity index is 952. The molecule has 0 N–H and O–H groups in total. The molecular weight excluding hydrogens is 397 g/mol. The van der Waals surface area contributed by atoms with E-state index in [1.165, 1.54) is 43.9 Å². The first-order valence-electron chi connectivity index (χ1n) is 11.1. The molecule has 4 rings (SSSR count). The van der Waals surface area contributed by atoms with Crippen molar-refractivity contribution in [3.8, 4) is 12.1 Å². The van der Waals surface area contributed by atoms with Crippen LogP contribution in [0.4, 0.5) is 13.2 Å². The third-order valence-corrected chi connectivity index (χ3v) is 6.44. The summed E-state index contributed by atoms with van der Waals surface area (Å²) in [6.45, 7) is 0. The first kappa shape index (κ1) is 22.9. The highest BCUT2D eigenvalue weighted by atomic mass is 19.1. The topological polar surface area (TPSA) is 47.6 Å². The minimum atomic E-state index is -0.733. The minimum Gasteiger partial charge on any atom is -0.206 e. The number of nitrogens with zero attached hydrogens (tertiary/aromatic N) is 2. The second-order valence-electron chi connectivity index (χ2n) is 8.49. The lowest BCUT2D eigenvalue weighted by Crippen LogP contribution is -2.06. The first-order valence-corrected chi connectivity index (χ1v) is 11.1. The molecule has 2 aromatic rings. The molecule has 0 unspecified atom stereocenters. The average molecular weight is 425 g/mol. The van der Waals surface area contributed by atoms with Gasteiger partial charge in [-0.25, -0.2) is 13.2 Å². The van der Waals surface area contributed by atoms with Crippen LogP contribution >= 0.6 is 0 Å². The lowest BCUT2D eigenvalue weighted by Gasteiger charge is -2.22. The Morgan fingerprint density at radius 3 is 1.55 bits per heavy atom. The van der Waals surface area contributed by atoms with Crippen molar-refractivity contribution in [2.24, 2.45) is 0 Å². The van der Waals surface area contributed by atoms with Crippen LogP contribution in [0.5, 0.6) is 0 Å². The van der Waals surface area contributed by atoms with Crippen LogP contribution in [0.2, 0.25) is 0 Å². The molecule has 0 spiro atoms. The first-order chi connectivity index (χ1) is 15.0. The van der Waals surface area contributed by atoms with Gasteiger partial charge in [-0.15, -0.1) is 0 Å². The fourth-order valence-electron chi connectivity index (χ4n) is 4.68. The molecule has 0 aliphatic heterocycles. The maximum atomic E-state index is 13.4. The van der Waals surface area contributed by atoms with Crippen molar-refractivity contribution in [1.82, 2.24) is 0 Å². The zero-order valence-electron chi connectivity index (χ0n) is 17.6. The monoisotopic (exact) mass is 424 g/mol.